The van der Waals surface area contributed by atoms with Crippen molar-refractivity contribution >= 4 is 50.5 Å². The standard InChI is InChI=1S/C5H7Cl2N3O3PS/c1-9-3(11)4-14(6,7)10(2)5(9)8-15(4,12)13/h4H,1-2H3/q+1. The van der Waals surface area contributed by atoms with Gasteiger partial charge in [0.25, 0.3) is 11.9 Å². The average molecular weight is 291 g/mol. The zero-order chi connectivity index (χ0) is 11.6. The normalized spacial score (nSPS) is 31.9. The first-order valence-electron chi connectivity index (χ1n) is 3.83. The monoisotopic (exact) mass is 290 g/mol. The molecule has 2 bridgehead atoms. The van der Waals surface area contributed by atoms with Crippen LogP contribution in [0.25, 0.3) is 0 Å². The van der Waals surface area contributed by atoms with Crippen LogP contribution in [0.2, 0.25) is 0 Å². The predicted molar refractivity (Wildman–Crippen MR) is 59.3 cm³/mol. The van der Waals surface area contributed by atoms with E-state index in [9.17, 15) is 13.2 Å². The molecule has 0 N–H and O–H groups in total. The van der Waals surface area contributed by atoms with E-state index in [1.165, 1.54) is 18.8 Å². The fourth-order valence-corrected chi connectivity index (χ4v) is 8.25. The highest BCUT2D eigenvalue weighted by Crippen LogP contribution is 2.78. The van der Waals surface area contributed by atoms with Crippen LogP contribution in [-0.4, -0.2) is 48.9 Å². The highest BCUT2D eigenvalue weighted by atomic mass is 35.9. The van der Waals surface area contributed by atoms with Crippen molar-refractivity contribution in [1.82, 2.24) is 9.57 Å². The van der Waals surface area contributed by atoms with Gasteiger partial charge in [0, 0.05) is 14.1 Å². The van der Waals surface area contributed by atoms with Crippen molar-refractivity contribution in [2.24, 2.45) is 4.40 Å². The summed E-state index contributed by atoms with van der Waals surface area (Å²) in [7, 11) is -0.944. The molecule has 1 saturated heterocycles. The number of guanidine groups is 1. The van der Waals surface area contributed by atoms with Crippen molar-refractivity contribution in [2.45, 2.75) is 4.99 Å². The molecule has 84 valence electrons. The van der Waals surface area contributed by atoms with Crippen LogP contribution in [0, 0.1) is 0 Å². The van der Waals surface area contributed by atoms with E-state index in [2.05, 4.69) is 4.40 Å². The van der Waals surface area contributed by atoms with Gasteiger partial charge in [-0.25, -0.2) is 0 Å². The van der Waals surface area contributed by atoms with Crippen LogP contribution in [0.5, 0.6) is 0 Å². The van der Waals surface area contributed by atoms with Crippen molar-refractivity contribution in [2.75, 3.05) is 14.1 Å². The second-order valence-electron chi connectivity index (χ2n) is 3.21. The number of nitrogens with zero attached hydrogens (tertiary/aromatic N) is 3. The number of hydrogen-bond acceptors (Lipinski definition) is 4. The van der Waals surface area contributed by atoms with Crippen LogP contribution in [0.3, 0.4) is 0 Å². The zero-order valence-electron chi connectivity index (χ0n) is 7.76. The fourth-order valence-electron chi connectivity index (χ4n) is 1.46. The topological polar surface area (TPSA) is 70.1 Å². The Morgan fingerprint density at radius 2 is 1.93 bits per heavy atom. The molecule has 3 heterocycles. The van der Waals surface area contributed by atoms with Crippen molar-refractivity contribution < 1.29 is 13.2 Å². The fraction of sp³-hybridized carbons (Fsp3) is 0.600. The maximum atomic E-state index is 11.7. The smallest absolute Gasteiger partial charge is 0.278 e. The number of halogens is 2. The molecule has 15 heavy (non-hydrogen) atoms. The van der Waals surface area contributed by atoms with Gasteiger partial charge in [0.1, 0.15) is 22.5 Å². The van der Waals surface area contributed by atoms with Crippen LogP contribution >= 0.6 is 28.6 Å². The highest BCUT2D eigenvalue weighted by Gasteiger charge is 2.70. The highest BCUT2D eigenvalue weighted by molar-refractivity contribution is 8.24. The number of carbonyl (C=O) groups excluding carboxylic acids is 1. The van der Waals surface area contributed by atoms with Gasteiger partial charge in [-0.15, -0.1) is 4.40 Å². The van der Waals surface area contributed by atoms with Crippen molar-refractivity contribution in [3.8, 4) is 0 Å². The van der Waals surface area contributed by atoms with E-state index in [1.807, 2.05) is 0 Å². The van der Waals surface area contributed by atoms with Crippen molar-refractivity contribution in [3.05, 3.63) is 0 Å². The lowest BCUT2D eigenvalue weighted by Gasteiger charge is -2.40. The number of amides is 1. The first-order chi connectivity index (χ1) is 6.69. The molecule has 0 aromatic heterocycles. The largest absolute Gasteiger partial charge is 0.334 e. The van der Waals surface area contributed by atoms with Gasteiger partial charge in [0.2, 0.25) is 0 Å². The summed E-state index contributed by atoms with van der Waals surface area (Å²) in [5, 5.41) is 0. The van der Waals surface area contributed by atoms with E-state index >= 15 is 0 Å². The van der Waals surface area contributed by atoms with E-state index in [1.54, 1.807) is 0 Å². The number of hydrogen-bond donors (Lipinski definition) is 0. The molecule has 10 heteroatoms. The molecule has 0 aromatic carbocycles. The van der Waals surface area contributed by atoms with Gasteiger partial charge >= 0.3 is 21.1 Å². The van der Waals surface area contributed by atoms with Gasteiger partial charge in [-0.3, -0.25) is 9.69 Å². The van der Waals surface area contributed by atoms with Gasteiger partial charge in [0.05, 0.1) is 0 Å². The molecular weight excluding hydrogens is 284 g/mol. The van der Waals surface area contributed by atoms with E-state index < -0.39 is 27.0 Å². The molecule has 0 radical (unpaired) electrons. The third kappa shape index (κ3) is 1.30. The number of rotatable bonds is 0. The first kappa shape index (κ1) is 11.4. The minimum atomic E-state index is -3.91. The molecule has 6 nitrogen and oxygen atoms in total. The lowest BCUT2D eigenvalue weighted by molar-refractivity contribution is -0.125. The van der Waals surface area contributed by atoms with Crippen LogP contribution < -0.4 is 0 Å². The lowest BCUT2D eigenvalue weighted by atomic mass is 10.6. The quantitative estimate of drug-likeness (QED) is 0.615. The number of carbonyl (C=O) groups is 1. The lowest BCUT2D eigenvalue weighted by Crippen LogP contribution is -2.59. The van der Waals surface area contributed by atoms with Crippen LogP contribution in [-0.2, 0) is 14.8 Å². The van der Waals surface area contributed by atoms with Gasteiger partial charge in [-0.2, -0.15) is 13.1 Å². The van der Waals surface area contributed by atoms with Crippen molar-refractivity contribution in [1.29, 1.82) is 0 Å². The molecule has 3 aliphatic heterocycles. The summed E-state index contributed by atoms with van der Waals surface area (Å²) in [6.07, 6.45) is -3.04. The van der Waals surface area contributed by atoms with E-state index in [4.69, 9.17) is 22.5 Å². The van der Waals surface area contributed by atoms with Gasteiger partial charge in [0.15, 0.2) is 0 Å². The van der Waals surface area contributed by atoms with Crippen molar-refractivity contribution in [3.63, 3.8) is 0 Å². The van der Waals surface area contributed by atoms with E-state index in [0.717, 1.165) is 4.90 Å². The third-order valence-corrected chi connectivity index (χ3v) is 10.2. The molecule has 1 atom stereocenters. The second-order valence-corrected chi connectivity index (χ2v) is 11.0. The summed E-state index contributed by atoms with van der Waals surface area (Å²) < 4.78 is 27.9. The molecule has 0 aliphatic carbocycles. The summed E-state index contributed by atoms with van der Waals surface area (Å²) in [5.41, 5.74) is 0. The summed E-state index contributed by atoms with van der Waals surface area (Å²) in [4.78, 5) is 11.4. The molecule has 0 saturated carbocycles. The number of sulfonamides is 1. The van der Waals surface area contributed by atoms with Crippen LogP contribution in [0.1, 0.15) is 0 Å². The molecule has 3 rings (SSSR count). The van der Waals surface area contributed by atoms with Crippen LogP contribution in [0.4, 0.5) is 0 Å². The van der Waals surface area contributed by atoms with E-state index in [-0.39, 0.29) is 5.96 Å². The minimum absolute atomic E-state index is 0.0131. The molecule has 3 aliphatic rings. The Labute approximate surface area is 96.9 Å². The molecule has 1 amide bonds. The predicted octanol–water partition coefficient (Wildman–Crippen LogP) is 0.656. The summed E-state index contributed by atoms with van der Waals surface area (Å²) in [5.74, 6) is -0.628. The molecule has 0 aromatic rings. The Morgan fingerprint density at radius 3 is 2.40 bits per heavy atom. The Kier molecular flexibility index (Phi) is 2.26. The maximum Gasteiger partial charge on any atom is 0.334 e. The number of fused-ring (bicyclic) bond motifs is 3. The Bertz CT molecular complexity index is 476. The first-order valence-corrected chi connectivity index (χ1v) is 8.95. The van der Waals surface area contributed by atoms with Gasteiger partial charge < -0.3 is 0 Å². The van der Waals surface area contributed by atoms with Gasteiger partial charge in [-0.05, 0) is 0 Å². The SMILES string of the molecule is CN1C(=O)C2[P+](Cl)(Cl)N(C)C1=NS2(=O)=O. The average Bonchev–Trinajstić information content (AvgIpc) is 2.07. The van der Waals surface area contributed by atoms with Gasteiger partial charge in [-0.1, -0.05) is 0 Å². The minimum Gasteiger partial charge on any atom is -0.278 e. The molecule has 1 unspecified atom stereocenters. The summed E-state index contributed by atoms with van der Waals surface area (Å²) in [6, 6.07) is 0. The Morgan fingerprint density at radius 1 is 1.40 bits per heavy atom. The zero-order valence-corrected chi connectivity index (χ0v) is 11.0. The third-order valence-electron chi connectivity index (χ3n) is 2.30. The van der Waals surface area contributed by atoms with Crippen LogP contribution in [0.15, 0.2) is 4.40 Å². The second kappa shape index (κ2) is 2.97. The molecule has 1 fully saturated rings. The maximum absolute atomic E-state index is 11.7. The Hall–Kier alpha value is -0.100. The summed E-state index contributed by atoms with van der Waals surface area (Å²) in [6.45, 7) is 0. The molecule has 0 spiro atoms. The Balaban J connectivity index is 2.74. The van der Waals surface area contributed by atoms with E-state index in [0.29, 0.717) is 0 Å². The molecular formula is C5H7Cl2N3O3PS+. The summed E-state index contributed by atoms with van der Waals surface area (Å²) >= 11 is 11.9.